The lowest BCUT2D eigenvalue weighted by Crippen LogP contribution is -2.25. The molecule has 1 fully saturated rings. The predicted octanol–water partition coefficient (Wildman–Crippen LogP) is 0.692. The molecule has 1 saturated carbocycles. The molecule has 0 radical (unpaired) electrons. The molecule has 2 rings (SSSR count). The predicted molar refractivity (Wildman–Crippen MR) is 45.4 cm³/mol. The Hall–Kier alpha value is -0.123. The zero-order valence-corrected chi connectivity index (χ0v) is 7.90. The molecule has 2 N–H and O–H groups in total. The summed E-state index contributed by atoms with van der Waals surface area (Å²) >= 11 is 0. The Morgan fingerprint density at radius 3 is 2.55 bits per heavy atom. The van der Waals surface area contributed by atoms with E-state index in [4.69, 9.17) is 0 Å². The third kappa shape index (κ3) is 0.990. The van der Waals surface area contributed by atoms with Crippen molar-refractivity contribution >= 4 is 9.28 Å². The average Bonchev–Trinajstić information content (AvgIpc) is 2.44. The van der Waals surface area contributed by atoms with E-state index in [0.29, 0.717) is 5.92 Å². The van der Waals surface area contributed by atoms with Gasteiger partial charge in [-0.15, -0.1) is 0 Å². The molecule has 0 amide bonds. The summed E-state index contributed by atoms with van der Waals surface area (Å²) < 4.78 is 0. The van der Waals surface area contributed by atoms with Crippen LogP contribution in [0.25, 0.3) is 0 Å². The third-order valence-corrected chi connectivity index (χ3v) is 4.90. The second-order valence-electron chi connectivity index (χ2n) is 3.73. The minimum absolute atomic E-state index is 0.193. The topological polar surface area (TPSA) is 40.5 Å². The van der Waals surface area contributed by atoms with Crippen LogP contribution in [0.5, 0.6) is 0 Å². The zero-order valence-electron chi connectivity index (χ0n) is 6.75. The van der Waals surface area contributed by atoms with Crippen LogP contribution in [-0.2, 0) is 0 Å². The van der Waals surface area contributed by atoms with Crippen LogP contribution < -0.4 is 0 Å². The third-order valence-electron chi connectivity index (χ3n) is 3.21. The second-order valence-corrected chi connectivity index (χ2v) is 5.27. The summed E-state index contributed by atoms with van der Waals surface area (Å²) in [5.41, 5.74) is 3.02. The first kappa shape index (κ1) is 7.52. The van der Waals surface area contributed by atoms with E-state index in [-0.39, 0.29) is 5.54 Å². The van der Waals surface area contributed by atoms with Gasteiger partial charge in [0.05, 0.1) is 0 Å². The molecule has 2 bridgehead atoms. The summed E-state index contributed by atoms with van der Waals surface area (Å²) in [5.74, 6) is 0.594. The van der Waals surface area contributed by atoms with Crippen molar-refractivity contribution in [1.29, 1.82) is 0 Å². The van der Waals surface area contributed by atoms with Gasteiger partial charge in [-0.3, -0.25) is 0 Å². The standard InChI is InChI=1S/C8H14O2Si/c1-5-6-2-3-7(4-6)8(5)11(9)10/h7-11H,2-4H2,1H3. The second kappa shape index (κ2) is 2.44. The highest BCUT2D eigenvalue weighted by atomic mass is 28.3. The molecule has 2 atom stereocenters. The lowest BCUT2D eigenvalue weighted by Gasteiger charge is -2.22. The van der Waals surface area contributed by atoms with Gasteiger partial charge < -0.3 is 9.59 Å². The van der Waals surface area contributed by atoms with Gasteiger partial charge in [0.1, 0.15) is 0 Å². The minimum atomic E-state index is -2.38. The van der Waals surface area contributed by atoms with E-state index in [1.807, 2.05) is 0 Å². The Morgan fingerprint density at radius 1 is 1.45 bits per heavy atom. The Bertz CT molecular complexity index is 210. The molecule has 2 unspecified atom stereocenters. The lowest BCUT2D eigenvalue weighted by molar-refractivity contribution is 0.365. The number of hydrogen-bond acceptors (Lipinski definition) is 2. The van der Waals surface area contributed by atoms with Gasteiger partial charge >= 0.3 is 9.28 Å². The fourth-order valence-corrected chi connectivity index (χ4v) is 4.10. The molecule has 62 valence electrons. The molecule has 0 spiro atoms. The number of allylic oxidation sites excluding steroid dienone is 2. The van der Waals surface area contributed by atoms with Gasteiger partial charge in [0.2, 0.25) is 0 Å². The van der Waals surface area contributed by atoms with Gasteiger partial charge in [-0.1, -0.05) is 11.1 Å². The number of hydrogen-bond donors (Lipinski definition) is 2. The van der Waals surface area contributed by atoms with E-state index in [2.05, 4.69) is 6.92 Å². The van der Waals surface area contributed by atoms with Crippen molar-refractivity contribution in [3.05, 3.63) is 11.1 Å². The van der Waals surface area contributed by atoms with E-state index in [1.165, 1.54) is 24.0 Å². The smallest absolute Gasteiger partial charge is 0.323 e. The first-order valence-corrected chi connectivity index (χ1v) is 5.94. The average molecular weight is 170 g/mol. The highest BCUT2D eigenvalue weighted by Crippen LogP contribution is 2.51. The van der Waals surface area contributed by atoms with E-state index < -0.39 is 9.28 Å². The molecule has 0 aromatic heterocycles. The first-order valence-electron chi connectivity index (χ1n) is 4.25. The Morgan fingerprint density at radius 2 is 2.18 bits per heavy atom. The van der Waals surface area contributed by atoms with Crippen LogP contribution >= 0.6 is 0 Å². The van der Waals surface area contributed by atoms with Gasteiger partial charge in [0, 0.05) is 5.54 Å². The summed E-state index contributed by atoms with van der Waals surface area (Å²) in [6.07, 6.45) is 3.57. The highest BCUT2D eigenvalue weighted by molar-refractivity contribution is 6.44. The Labute approximate surface area is 68.4 Å². The van der Waals surface area contributed by atoms with E-state index >= 15 is 0 Å². The van der Waals surface area contributed by atoms with Crippen molar-refractivity contribution in [3.8, 4) is 0 Å². The van der Waals surface area contributed by atoms with Crippen LogP contribution in [0.4, 0.5) is 0 Å². The summed E-state index contributed by atoms with van der Waals surface area (Å²) in [6.45, 7) is 2.08. The first-order chi connectivity index (χ1) is 5.20. The summed E-state index contributed by atoms with van der Waals surface area (Å²) in [5, 5.41) is 0. The minimum Gasteiger partial charge on any atom is -0.413 e. The largest absolute Gasteiger partial charge is 0.413 e. The molecule has 11 heavy (non-hydrogen) atoms. The van der Waals surface area contributed by atoms with Crippen molar-refractivity contribution in [1.82, 2.24) is 0 Å². The highest BCUT2D eigenvalue weighted by Gasteiger charge is 2.41. The van der Waals surface area contributed by atoms with Crippen LogP contribution in [0, 0.1) is 5.92 Å². The van der Waals surface area contributed by atoms with Crippen LogP contribution in [0.15, 0.2) is 11.1 Å². The fourth-order valence-electron chi connectivity index (χ4n) is 2.60. The van der Waals surface area contributed by atoms with Crippen LogP contribution in [0.1, 0.15) is 26.2 Å². The maximum atomic E-state index is 9.20. The van der Waals surface area contributed by atoms with E-state index in [9.17, 15) is 9.59 Å². The number of rotatable bonds is 1. The van der Waals surface area contributed by atoms with E-state index in [1.54, 1.807) is 0 Å². The molecule has 2 nitrogen and oxygen atoms in total. The van der Waals surface area contributed by atoms with Gasteiger partial charge in [-0.25, -0.2) is 0 Å². The van der Waals surface area contributed by atoms with Crippen LogP contribution in [-0.4, -0.2) is 18.9 Å². The SMILES string of the molecule is CC1=C2CCC(C2)C1[SiH](O)O. The molecule has 3 heteroatoms. The molecule has 2 aliphatic rings. The van der Waals surface area contributed by atoms with Crippen LogP contribution in [0.3, 0.4) is 0 Å². The van der Waals surface area contributed by atoms with Crippen molar-refractivity contribution < 1.29 is 9.59 Å². The van der Waals surface area contributed by atoms with Crippen molar-refractivity contribution in [3.63, 3.8) is 0 Å². The van der Waals surface area contributed by atoms with Gasteiger partial charge in [-0.05, 0) is 32.1 Å². The Kier molecular flexibility index (Phi) is 1.67. The van der Waals surface area contributed by atoms with E-state index in [0.717, 1.165) is 6.42 Å². The maximum absolute atomic E-state index is 9.20. The maximum Gasteiger partial charge on any atom is 0.323 e. The molecular weight excluding hydrogens is 156 g/mol. The van der Waals surface area contributed by atoms with Crippen molar-refractivity contribution in [2.45, 2.75) is 31.7 Å². The zero-order chi connectivity index (χ0) is 8.01. The molecule has 0 aromatic rings. The van der Waals surface area contributed by atoms with Crippen molar-refractivity contribution in [2.75, 3.05) is 0 Å². The monoisotopic (exact) mass is 170 g/mol. The van der Waals surface area contributed by atoms with Crippen LogP contribution in [0.2, 0.25) is 5.54 Å². The Balaban J connectivity index is 2.26. The molecule has 0 aromatic carbocycles. The molecule has 2 aliphatic carbocycles. The molecular formula is C8H14O2Si. The van der Waals surface area contributed by atoms with Gasteiger partial charge in [0.15, 0.2) is 0 Å². The quantitative estimate of drug-likeness (QED) is 0.449. The summed E-state index contributed by atoms with van der Waals surface area (Å²) in [7, 11) is -2.38. The fraction of sp³-hybridized carbons (Fsp3) is 0.750. The number of fused-ring (bicyclic) bond motifs is 2. The summed E-state index contributed by atoms with van der Waals surface area (Å²) in [4.78, 5) is 18.4. The normalized spacial score (nSPS) is 36.0. The molecule has 0 aliphatic heterocycles. The van der Waals surface area contributed by atoms with Gasteiger partial charge in [0.25, 0.3) is 0 Å². The van der Waals surface area contributed by atoms with Crippen molar-refractivity contribution in [2.24, 2.45) is 5.92 Å². The lowest BCUT2D eigenvalue weighted by atomic mass is 10.00. The summed E-state index contributed by atoms with van der Waals surface area (Å²) in [6, 6.07) is 0. The molecule has 0 saturated heterocycles. The van der Waals surface area contributed by atoms with Gasteiger partial charge in [-0.2, -0.15) is 0 Å². The molecule has 0 heterocycles.